The zero-order valence-corrected chi connectivity index (χ0v) is 24.9. The van der Waals surface area contributed by atoms with Crippen molar-refractivity contribution in [3.8, 4) is 34.5 Å². The number of aromatic hydroxyl groups is 6. The number of benzene rings is 5. The molecule has 0 spiro atoms. The number of phenolic OH excluding ortho intramolecular Hbond substituents is 6. The predicted molar refractivity (Wildman–Crippen MR) is 169 cm³/mol. The molecule has 0 unspecified atom stereocenters. The first kappa shape index (κ1) is 33.7. The molecule has 250 valence electrons. The molecule has 5 rings (SSSR count). The van der Waals surface area contributed by atoms with E-state index < -0.39 is 112 Å². The number of rotatable bonds is 10. The molecule has 16 heteroatoms. The van der Waals surface area contributed by atoms with E-state index in [-0.39, 0.29) is 11.1 Å². The fraction of sp³-hybridized carbons (Fsp3) is 0. The van der Waals surface area contributed by atoms with Crippen molar-refractivity contribution in [2.75, 3.05) is 0 Å². The van der Waals surface area contributed by atoms with E-state index in [0.717, 1.165) is 84.9 Å². The molecule has 0 amide bonds. The largest absolute Gasteiger partial charge is 0.504 e. The van der Waals surface area contributed by atoms with E-state index in [1.165, 1.54) is 0 Å². The Kier molecular flexibility index (Phi) is 8.69. The number of carbonyl (C=O) groups excluding carboxylic acids is 4. The third-order valence-corrected chi connectivity index (χ3v) is 7.56. The first-order valence-corrected chi connectivity index (χ1v) is 14.0. The average Bonchev–Trinajstić information content (AvgIpc) is 3.11. The van der Waals surface area contributed by atoms with Crippen LogP contribution >= 0.6 is 0 Å². The summed E-state index contributed by atoms with van der Waals surface area (Å²) >= 11 is 0. The van der Waals surface area contributed by atoms with Gasteiger partial charge >= 0.3 is 0 Å². The van der Waals surface area contributed by atoms with Gasteiger partial charge < -0.3 is 30.6 Å². The smallest absolute Gasteiger partial charge is 0.270 e. The van der Waals surface area contributed by atoms with Crippen LogP contribution in [0.1, 0.15) is 63.7 Å². The molecule has 50 heavy (non-hydrogen) atoms. The molecule has 0 heterocycles. The highest BCUT2D eigenvalue weighted by atomic mass is 16.6. The topological polar surface area (TPSA) is 276 Å². The lowest BCUT2D eigenvalue weighted by Gasteiger charge is -2.12. The summed E-state index contributed by atoms with van der Waals surface area (Å²) in [5, 5.41) is 82.4. The second-order valence-corrected chi connectivity index (χ2v) is 10.5. The van der Waals surface area contributed by atoms with E-state index in [9.17, 15) is 70.0 Å². The molecule has 0 bridgehead atoms. The summed E-state index contributed by atoms with van der Waals surface area (Å²) in [6, 6.07) is 13.6. The quantitative estimate of drug-likeness (QED) is 0.0507. The van der Waals surface area contributed by atoms with Crippen LogP contribution in [-0.4, -0.2) is 63.6 Å². The molecule has 0 aromatic heterocycles. The molecule has 5 aromatic rings. The van der Waals surface area contributed by atoms with Crippen LogP contribution in [0, 0.1) is 20.2 Å². The zero-order chi connectivity index (χ0) is 36.6. The Morgan fingerprint density at radius 3 is 1.04 bits per heavy atom. The first-order chi connectivity index (χ1) is 23.6. The maximum absolute atomic E-state index is 13.6. The fourth-order valence-electron chi connectivity index (χ4n) is 4.94. The van der Waals surface area contributed by atoms with Crippen molar-refractivity contribution in [1.82, 2.24) is 0 Å². The van der Waals surface area contributed by atoms with Crippen LogP contribution in [0.25, 0.3) is 0 Å². The number of non-ortho nitro benzene ring substituents is 2. The number of nitro benzene ring substituents is 2. The van der Waals surface area contributed by atoms with Crippen LogP contribution in [0.3, 0.4) is 0 Å². The van der Waals surface area contributed by atoms with E-state index in [1.807, 2.05) is 0 Å². The number of hydrogen-bond acceptors (Lipinski definition) is 14. The van der Waals surface area contributed by atoms with Crippen LogP contribution in [-0.2, 0) is 0 Å². The van der Waals surface area contributed by atoms with Gasteiger partial charge in [0.1, 0.15) is 0 Å². The zero-order valence-electron chi connectivity index (χ0n) is 24.9. The fourth-order valence-corrected chi connectivity index (χ4v) is 4.94. The Morgan fingerprint density at radius 1 is 0.400 bits per heavy atom. The molecular weight excluding hydrogens is 660 g/mol. The van der Waals surface area contributed by atoms with Crippen LogP contribution in [0.2, 0.25) is 0 Å². The highest BCUT2D eigenvalue weighted by Crippen LogP contribution is 2.40. The highest BCUT2D eigenvalue weighted by molar-refractivity contribution is 6.22. The van der Waals surface area contributed by atoms with Crippen molar-refractivity contribution >= 4 is 34.5 Å². The Morgan fingerprint density at radius 2 is 0.720 bits per heavy atom. The second kappa shape index (κ2) is 12.9. The van der Waals surface area contributed by atoms with Crippen LogP contribution in [0.15, 0.2) is 84.9 Å². The Labute approximate surface area is 278 Å². The van der Waals surface area contributed by atoms with Gasteiger partial charge in [-0.15, -0.1) is 0 Å². The molecule has 16 nitrogen and oxygen atoms in total. The second-order valence-electron chi connectivity index (χ2n) is 10.5. The number of nitrogens with zero attached hydrogens (tertiary/aromatic N) is 2. The van der Waals surface area contributed by atoms with Gasteiger partial charge in [-0.1, -0.05) is 24.3 Å². The van der Waals surface area contributed by atoms with Crippen molar-refractivity contribution in [2.45, 2.75) is 0 Å². The number of carbonyl (C=O) groups is 4. The summed E-state index contributed by atoms with van der Waals surface area (Å²) in [6.45, 7) is 0. The van der Waals surface area contributed by atoms with Gasteiger partial charge in [0.15, 0.2) is 46.1 Å². The highest BCUT2D eigenvalue weighted by Gasteiger charge is 2.28. The molecular formula is C34H20N2O14. The Bertz CT molecular complexity index is 2150. The molecule has 0 aliphatic heterocycles. The van der Waals surface area contributed by atoms with Crippen molar-refractivity contribution < 1.29 is 59.7 Å². The normalized spacial score (nSPS) is 10.7. The minimum atomic E-state index is -1.04. The van der Waals surface area contributed by atoms with Crippen LogP contribution < -0.4 is 0 Å². The van der Waals surface area contributed by atoms with Gasteiger partial charge in [0.25, 0.3) is 11.4 Å². The van der Waals surface area contributed by atoms with Crippen molar-refractivity contribution in [2.24, 2.45) is 0 Å². The average molecular weight is 681 g/mol. The van der Waals surface area contributed by atoms with Crippen molar-refractivity contribution in [3.63, 3.8) is 0 Å². The van der Waals surface area contributed by atoms with Gasteiger partial charge in [-0.3, -0.25) is 39.4 Å². The van der Waals surface area contributed by atoms with Gasteiger partial charge in [0.2, 0.25) is 11.5 Å². The van der Waals surface area contributed by atoms with Gasteiger partial charge in [-0.05, 0) is 36.4 Å². The summed E-state index contributed by atoms with van der Waals surface area (Å²) in [5.74, 6) is -9.52. The molecule has 0 radical (unpaired) electrons. The first-order valence-electron chi connectivity index (χ1n) is 14.0. The molecule has 0 aliphatic carbocycles. The van der Waals surface area contributed by atoms with Crippen molar-refractivity contribution in [1.29, 1.82) is 0 Å². The standard InChI is InChI=1S/C34H20N2O14/c37-25-11-9-21(31(43)33(25)45)29(41)19-7-5-17(35(47)48)13-23(19)27(39)15-1-2-16(4-3-15)28(40)24-14-18(36(49)50)6-8-20(24)30(42)22-10-12-26(38)34(46)32(22)44/h1-14,37-38,43-46H. The summed E-state index contributed by atoms with van der Waals surface area (Å²) in [5.41, 5.74) is -4.49. The van der Waals surface area contributed by atoms with E-state index in [2.05, 4.69) is 0 Å². The summed E-state index contributed by atoms with van der Waals surface area (Å²) in [7, 11) is 0. The lowest BCUT2D eigenvalue weighted by molar-refractivity contribution is -0.385. The lowest BCUT2D eigenvalue weighted by atomic mass is 9.90. The molecule has 0 saturated carbocycles. The summed E-state index contributed by atoms with van der Waals surface area (Å²) in [4.78, 5) is 75.4. The van der Waals surface area contributed by atoms with Crippen LogP contribution in [0.4, 0.5) is 11.4 Å². The molecule has 0 fully saturated rings. The van der Waals surface area contributed by atoms with E-state index in [1.54, 1.807) is 0 Å². The SMILES string of the molecule is O=C(c1ccc(C(=O)c2cc([N+](=O)[O-])ccc2C(=O)c2ccc(O)c(O)c2O)cc1)c1cc([N+](=O)[O-])ccc1C(=O)c1ccc(O)c(O)c1O. The lowest BCUT2D eigenvalue weighted by Crippen LogP contribution is -2.13. The van der Waals surface area contributed by atoms with E-state index in [0.29, 0.717) is 0 Å². The van der Waals surface area contributed by atoms with Crippen molar-refractivity contribution in [3.05, 3.63) is 150 Å². The van der Waals surface area contributed by atoms with Gasteiger partial charge in [0, 0.05) is 57.6 Å². The third kappa shape index (κ3) is 5.97. The van der Waals surface area contributed by atoms with Gasteiger partial charge in [-0.25, -0.2) is 0 Å². The minimum Gasteiger partial charge on any atom is -0.504 e. The third-order valence-electron chi connectivity index (χ3n) is 7.56. The maximum atomic E-state index is 13.6. The molecule has 0 saturated heterocycles. The molecule has 5 aromatic carbocycles. The number of phenols is 6. The summed E-state index contributed by atoms with van der Waals surface area (Å²) < 4.78 is 0. The van der Waals surface area contributed by atoms with Gasteiger partial charge in [0.05, 0.1) is 21.0 Å². The van der Waals surface area contributed by atoms with E-state index in [4.69, 9.17) is 0 Å². The van der Waals surface area contributed by atoms with Gasteiger partial charge in [-0.2, -0.15) is 0 Å². The monoisotopic (exact) mass is 680 g/mol. The number of hydrogen-bond donors (Lipinski definition) is 6. The number of nitro groups is 2. The van der Waals surface area contributed by atoms with Crippen LogP contribution in [0.5, 0.6) is 34.5 Å². The molecule has 6 N–H and O–H groups in total. The maximum Gasteiger partial charge on any atom is 0.270 e. The summed E-state index contributed by atoms with van der Waals surface area (Å²) in [6.07, 6.45) is 0. The number of ketones is 4. The molecule has 0 atom stereocenters. The Hall–Kier alpha value is -7.62. The van der Waals surface area contributed by atoms with E-state index >= 15 is 0 Å². The minimum absolute atomic E-state index is 0.200. The predicted octanol–water partition coefficient (Wildman–Crippen LogP) is 4.66. The molecule has 0 aliphatic rings. The Balaban J connectivity index is 1.54.